The molecule has 20 heavy (non-hydrogen) atoms. The van der Waals surface area contributed by atoms with E-state index in [9.17, 15) is 0 Å². The van der Waals surface area contributed by atoms with Gasteiger partial charge in [-0.05, 0) is 61.1 Å². The van der Waals surface area contributed by atoms with Gasteiger partial charge in [-0.2, -0.15) is 0 Å². The Kier molecular flexibility index (Phi) is 3.31. The van der Waals surface area contributed by atoms with Crippen molar-refractivity contribution in [1.82, 2.24) is 0 Å². The molecule has 0 N–H and O–H groups in total. The van der Waals surface area contributed by atoms with Crippen molar-refractivity contribution in [3.8, 4) is 11.1 Å². The van der Waals surface area contributed by atoms with Gasteiger partial charge in [0.1, 0.15) is 0 Å². The molecule has 0 nitrogen and oxygen atoms in total. The van der Waals surface area contributed by atoms with Gasteiger partial charge in [0.25, 0.3) is 0 Å². The lowest BCUT2D eigenvalue weighted by Gasteiger charge is -2.11. The zero-order valence-electron chi connectivity index (χ0n) is 12.4. The first-order valence-corrected chi connectivity index (χ1v) is 7.19. The van der Waals surface area contributed by atoms with Gasteiger partial charge < -0.3 is 0 Å². The third kappa shape index (κ3) is 2.34. The first-order valence-electron chi connectivity index (χ1n) is 7.19. The Bertz CT molecular complexity index is 697. The maximum absolute atomic E-state index is 2.33. The number of rotatable bonds is 2. The van der Waals surface area contributed by atoms with Gasteiger partial charge in [0.2, 0.25) is 0 Å². The van der Waals surface area contributed by atoms with Gasteiger partial charge in [-0.1, -0.05) is 59.7 Å². The van der Waals surface area contributed by atoms with Crippen molar-refractivity contribution in [2.45, 2.75) is 27.2 Å². The van der Waals surface area contributed by atoms with Crippen molar-refractivity contribution >= 4 is 5.57 Å². The summed E-state index contributed by atoms with van der Waals surface area (Å²) in [4.78, 5) is 0. The van der Waals surface area contributed by atoms with Crippen LogP contribution in [-0.2, 0) is 0 Å². The van der Waals surface area contributed by atoms with Gasteiger partial charge in [-0.25, -0.2) is 0 Å². The SMILES string of the molecule is CC1=C(c2cc(-c3ccc(C)cc3)ccc2C)C=CC1. The topological polar surface area (TPSA) is 0 Å². The van der Waals surface area contributed by atoms with Gasteiger partial charge in [0, 0.05) is 0 Å². The molecule has 1 aliphatic rings. The van der Waals surface area contributed by atoms with Crippen molar-refractivity contribution in [1.29, 1.82) is 0 Å². The predicted molar refractivity (Wildman–Crippen MR) is 87.7 cm³/mol. The molecule has 100 valence electrons. The predicted octanol–water partition coefficient (Wildman–Crippen LogP) is 5.70. The number of benzene rings is 2. The summed E-state index contributed by atoms with van der Waals surface area (Å²) in [5.74, 6) is 0. The Morgan fingerprint density at radius 1 is 0.800 bits per heavy atom. The summed E-state index contributed by atoms with van der Waals surface area (Å²) in [6.07, 6.45) is 5.60. The molecule has 0 fully saturated rings. The zero-order chi connectivity index (χ0) is 14.1. The molecule has 0 amide bonds. The average Bonchev–Trinajstić information content (AvgIpc) is 2.87. The van der Waals surface area contributed by atoms with Gasteiger partial charge in [-0.15, -0.1) is 0 Å². The highest BCUT2D eigenvalue weighted by atomic mass is 14.2. The molecular formula is C20H20. The van der Waals surface area contributed by atoms with Crippen LogP contribution in [0.1, 0.15) is 30.0 Å². The molecule has 0 radical (unpaired) electrons. The second-order valence-electron chi connectivity index (χ2n) is 5.70. The monoisotopic (exact) mass is 260 g/mol. The standard InChI is InChI=1S/C20H20/c1-14-7-10-17(11-8-14)18-12-9-16(3)20(13-18)19-6-4-5-15(19)2/h4,6-13H,5H2,1-3H3. The zero-order valence-corrected chi connectivity index (χ0v) is 12.4. The van der Waals surface area contributed by atoms with Crippen LogP contribution in [0.3, 0.4) is 0 Å². The highest BCUT2D eigenvalue weighted by Gasteiger charge is 2.11. The van der Waals surface area contributed by atoms with Crippen LogP contribution >= 0.6 is 0 Å². The molecule has 0 saturated heterocycles. The smallest absolute Gasteiger partial charge is 0.0129 e. The van der Waals surface area contributed by atoms with Gasteiger partial charge in [-0.3, -0.25) is 0 Å². The van der Waals surface area contributed by atoms with E-state index in [1.54, 1.807) is 0 Å². The molecule has 2 aromatic carbocycles. The summed E-state index contributed by atoms with van der Waals surface area (Å²) in [5, 5.41) is 0. The first kappa shape index (κ1) is 12.9. The van der Waals surface area contributed by atoms with E-state index < -0.39 is 0 Å². The maximum Gasteiger partial charge on any atom is -0.0129 e. The van der Waals surface area contributed by atoms with Crippen molar-refractivity contribution in [2.24, 2.45) is 0 Å². The van der Waals surface area contributed by atoms with E-state index in [1.165, 1.54) is 39.0 Å². The number of hydrogen-bond acceptors (Lipinski definition) is 0. The fourth-order valence-electron chi connectivity index (χ4n) is 2.76. The summed E-state index contributed by atoms with van der Waals surface area (Å²) in [5.41, 5.74) is 9.48. The molecular weight excluding hydrogens is 240 g/mol. The van der Waals surface area contributed by atoms with Crippen LogP contribution in [0.25, 0.3) is 16.7 Å². The molecule has 0 saturated carbocycles. The van der Waals surface area contributed by atoms with Crippen LogP contribution in [0.5, 0.6) is 0 Å². The van der Waals surface area contributed by atoms with Crippen LogP contribution in [0, 0.1) is 13.8 Å². The summed E-state index contributed by atoms with van der Waals surface area (Å²) >= 11 is 0. The largest absolute Gasteiger partial charge is 0.0798 e. The van der Waals surface area contributed by atoms with E-state index in [4.69, 9.17) is 0 Å². The molecule has 0 aromatic heterocycles. The Labute approximate surface area is 121 Å². The van der Waals surface area contributed by atoms with Crippen molar-refractivity contribution in [2.75, 3.05) is 0 Å². The molecule has 2 aromatic rings. The minimum Gasteiger partial charge on any atom is -0.0798 e. The fourth-order valence-corrected chi connectivity index (χ4v) is 2.76. The Balaban J connectivity index is 2.09. The Hall–Kier alpha value is -2.08. The third-order valence-corrected chi connectivity index (χ3v) is 4.08. The maximum atomic E-state index is 2.33. The molecule has 0 atom stereocenters. The van der Waals surface area contributed by atoms with E-state index in [2.05, 4.69) is 75.4 Å². The highest BCUT2D eigenvalue weighted by molar-refractivity contribution is 5.83. The van der Waals surface area contributed by atoms with Gasteiger partial charge in [0.05, 0.1) is 0 Å². The minimum absolute atomic E-state index is 1.09. The lowest BCUT2D eigenvalue weighted by Crippen LogP contribution is -1.89. The van der Waals surface area contributed by atoms with Crippen LogP contribution in [0.4, 0.5) is 0 Å². The van der Waals surface area contributed by atoms with E-state index in [-0.39, 0.29) is 0 Å². The Morgan fingerprint density at radius 3 is 2.15 bits per heavy atom. The van der Waals surface area contributed by atoms with Crippen LogP contribution in [0.2, 0.25) is 0 Å². The summed E-state index contributed by atoms with van der Waals surface area (Å²) < 4.78 is 0. The molecule has 1 aliphatic carbocycles. The lowest BCUT2D eigenvalue weighted by molar-refractivity contribution is 1.25. The molecule has 3 rings (SSSR count). The fraction of sp³-hybridized carbons (Fsp3) is 0.200. The van der Waals surface area contributed by atoms with Gasteiger partial charge >= 0.3 is 0 Å². The molecule has 0 heterocycles. The van der Waals surface area contributed by atoms with Crippen molar-refractivity contribution < 1.29 is 0 Å². The molecule has 0 aliphatic heterocycles. The van der Waals surface area contributed by atoms with Crippen molar-refractivity contribution in [3.63, 3.8) is 0 Å². The van der Waals surface area contributed by atoms with Crippen molar-refractivity contribution in [3.05, 3.63) is 76.9 Å². The van der Waals surface area contributed by atoms with E-state index in [0.717, 1.165) is 6.42 Å². The Morgan fingerprint density at radius 2 is 1.50 bits per heavy atom. The second kappa shape index (κ2) is 5.13. The minimum atomic E-state index is 1.09. The van der Waals surface area contributed by atoms with Crippen LogP contribution in [-0.4, -0.2) is 0 Å². The number of hydrogen-bond donors (Lipinski definition) is 0. The molecule has 0 unspecified atom stereocenters. The van der Waals surface area contributed by atoms with E-state index in [1.807, 2.05) is 0 Å². The van der Waals surface area contributed by atoms with Crippen LogP contribution in [0.15, 0.2) is 60.2 Å². The quantitative estimate of drug-likeness (QED) is 0.649. The van der Waals surface area contributed by atoms with Crippen LogP contribution < -0.4 is 0 Å². The van der Waals surface area contributed by atoms with E-state index >= 15 is 0 Å². The summed E-state index contributed by atoms with van der Waals surface area (Å²) in [6.45, 7) is 6.55. The average molecular weight is 260 g/mol. The highest BCUT2D eigenvalue weighted by Crippen LogP contribution is 2.32. The second-order valence-corrected chi connectivity index (χ2v) is 5.70. The number of allylic oxidation sites excluding steroid dienone is 4. The lowest BCUT2D eigenvalue weighted by atomic mass is 9.94. The molecule has 0 spiro atoms. The first-order chi connectivity index (χ1) is 9.65. The molecule has 0 bridgehead atoms. The van der Waals surface area contributed by atoms with Gasteiger partial charge in [0.15, 0.2) is 0 Å². The third-order valence-electron chi connectivity index (χ3n) is 4.08. The summed E-state index contributed by atoms with van der Waals surface area (Å²) in [7, 11) is 0. The number of aryl methyl sites for hydroxylation is 2. The summed E-state index contributed by atoms with van der Waals surface area (Å²) in [6, 6.07) is 15.5. The van der Waals surface area contributed by atoms with E-state index in [0.29, 0.717) is 0 Å². The molecule has 0 heteroatoms. The normalized spacial score (nSPS) is 14.2.